The Balaban J connectivity index is 1.84. The van der Waals surface area contributed by atoms with Crippen molar-refractivity contribution in [1.29, 1.82) is 0 Å². The minimum Gasteiger partial charge on any atom is -0.323 e. The fraction of sp³-hybridized carbons (Fsp3) is 0.600. The van der Waals surface area contributed by atoms with E-state index in [-0.39, 0.29) is 11.9 Å². The van der Waals surface area contributed by atoms with Gasteiger partial charge in [0.15, 0.2) is 0 Å². The van der Waals surface area contributed by atoms with E-state index in [1.165, 1.54) is 31.5 Å². The molecule has 1 aliphatic heterocycles. The van der Waals surface area contributed by atoms with Gasteiger partial charge in [-0.25, -0.2) is 4.39 Å². The highest BCUT2D eigenvalue weighted by Crippen LogP contribution is 2.17. The van der Waals surface area contributed by atoms with Gasteiger partial charge in [-0.15, -0.1) is 0 Å². The number of benzene rings is 1. The minimum atomic E-state index is -0.211. The Bertz CT molecular complexity index is 393. The summed E-state index contributed by atoms with van der Waals surface area (Å²) in [6, 6.07) is 7.08. The molecule has 19 heavy (non-hydrogen) atoms. The predicted molar refractivity (Wildman–Crippen MR) is 76.5 cm³/mol. The third-order valence-corrected chi connectivity index (χ3v) is 4.00. The van der Waals surface area contributed by atoms with Crippen LogP contribution in [0.1, 0.15) is 24.4 Å². The summed E-state index contributed by atoms with van der Waals surface area (Å²) in [7, 11) is 4.29. The third-order valence-electron chi connectivity index (χ3n) is 4.00. The number of rotatable bonds is 5. The molecule has 4 heteroatoms. The van der Waals surface area contributed by atoms with Crippen LogP contribution in [0.3, 0.4) is 0 Å². The van der Waals surface area contributed by atoms with Crippen molar-refractivity contribution in [2.24, 2.45) is 5.73 Å². The quantitative estimate of drug-likeness (QED) is 0.882. The van der Waals surface area contributed by atoms with Crippen LogP contribution in [0.25, 0.3) is 0 Å². The summed E-state index contributed by atoms with van der Waals surface area (Å²) >= 11 is 0. The summed E-state index contributed by atoms with van der Waals surface area (Å²) in [4.78, 5) is 4.69. The number of nitrogens with zero attached hydrogens (tertiary/aromatic N) is 2. The second-order valence-electron chi connectivity index (χ2n) is 5.66. The first kappa shape index (κ1) is 14.4. The van der Waals surface area contributed by atoms with Crippen molar-refractivity contribution >= 4 is 0 Å². The molecule has 1 aromatic carbocycles. The summed E-state index contributed by atoms with van der Waals surface area (Å²) in [5.74, 6) is -0.211. The van der Waals surface area contributed by atoms with Crippen molar-refractivity contribution in [1.82, 2.24) is 9.80 Å². The summed E-state index contributed by atoms with van der Waals surface area (Å²) < 4.78 is 12.9. The summed E-state index contributed by atoms with van der Waals surface area (Å²) in [5.41, 5.74) is 7.17. The fourth-order valence-corrected chi connectivity index (χ4v) is 2.80. The Kier molecular flexibility index (Phi) is 4.91. The van der Waals surface area contributed by atoms with Gasteiger partial charge >= 0.3 is 0 Å². The largest absolute Gasteiger partial charge is 0.323 e. The van der Waals surface area contributed by atoms with E-state index < -0.39 is 0 Å². The normalized spacial score (nSPS) is 22.1. The van der Waals surface area contributed by atoms with Crippen LogP contribution >= 0.6 is 0 Å². The zero-order valence-electron chi connectivity index (χ0n) is 11.8. The Morgan fingerprint density at radius 1 is 1.42 bits per heavy atom. The Labute approximate surface area is 115 Å². The van der Waals surface area contributed by atoms with Gasteiger partial charge in [0.2, 0.25) is 0 Å². The molecule has 2 unspecified atom stereocenters. The lowest BCUT2D eigenvalue weighted by molar-refractivity contribution is 0.213. The van der Waals surface area contributed by atoms with Crippen LogP contribution in [-0.4, -0.2) is 49.6 Å². The number of hydrogen-bond donors (Lipinski definition) is 1. The molecule has 106 valence electrons. The lowest BCUT2D eigenvalue weighted by atomic mass is 10.1. The van der Waals surface area contributed by atoms with Gasteiger partial charge in [0.1, 0.15) is 5.82 Å². The first-order valence-corrected chi connectivity index (χ1v) is 6.96. The molecule has 1 aliphatic rings. The van der Waals surface area contributed by atoms with Crippen molar-refractivity contribution in [2.45, 2.75) is 24.9 Å². The highest BCUT2D eigenvalue weighted by atomic mass is 19.1. The van der Waals surface area contributed by atoms with Crippen LogP contribution in [0, 0.1) is 5.82 Å². The molecule has 2 N–H and O–H groups in total. The second kappa shape index (κ2) is 6.46. The SMILES string of the molecule is CN(CC(N)c1ccc(F)cc1)CC1CCCN1C. The lowest BCUT2D eigenvalue weighted by Gasteiger charge is -2.27. The second-order valence-corrected chi connectivity index (χ2v) is 5.66. The highest BCUT2D eigenvalue weighted by Gasteiger charge is 2.22. The molecule has 1 fully saturated rings. The van der Waals surface area contributed by atoms with E-state index in [0.29, 0.717) is 6.04 Å². The van der Waals surface area contributed by atoms with E-state index in [4.69, 9.17) is 5.73 Å². The van der Waals surface area contributed by atoms with Gasteiger partial charge in [-0.3, -0.25) is 0 Å². The van der Waals surface area contributed by atoms with Crippen molar-refractivity contribution in [3.05, 3.63) is 35.6 Å². The minimum absolute atomic E-state index is 0.0580. The highest BCUT2D eigenvalue weighted by molar-refractivity contribution is 5.19. The van der Waals surface area contributed by atoms with Crippen LogP contribution in [-0.2, 0) is 0 Å². The Hall–Kier alpha value is -0.970. The molecule has 1 heterocycles. The molecule has 1 aromatic rings. The van der Waals surface area contributed by atoms with E-state index >= 15 is 0 Å². The standard InChI is InChI=1S/C15H24FN3/c1-18(10-14-4-3-9-19(14)2)11-15(17)12-5-7-13(16)8-6-12/h5-8,14-15H,3-4,9-11,17H2,1-2H3. The van der Waals surface area contributed by atoms with E-state index in [9.17, 15) is 4.39 Å². The number of hydrogen-bond acceptors (Lipinski definition) is 3. The summed E-state index contributed by atoms with van der Waals surface area (Å²) in [6.07, 6.45) is 2.56. The molecular weight excluding hydrogens is 241 g/mol. The molecule has 0 radical (unpaired) electrons. The average molecular weight is 265 g/mol. The first-order chi connectivity index (χ1) is 9.06. The topological polar surface area (TPSA) is 32.5 Å². The maximum Gasteiger partial charge on any atom is 0.123 e. The first-order valence-electron chi connectivity index (χ1n) is 6.96. The number of likely N-dealkylation sites (tertiary alicyclic amines) is 1. The Morgan fingerprint density at radius 2 is 2.11 bits per heavy atom. The molecule has 0 saturated carbocycles. The van der Waals surface area contributed by atoms with Gasteiger partial charge in [0.25, 0.3) is 0 Å². The van der Waals surface area contributed by atoms with Gasteiger partial charge in [-0.05, 0) is 51.2 Å². The van der Waals surface area contributed by atoms with E-state index in [0.717, 1.165) is 18.7 Å². The van der Waals surface area contributed by atoms with Crippen LogP contribution in [0.5, 0.6) is 0 Å². The van der Waals surface area contributed by atoms with Crippen LogP contribution in [0.4, 0.5) is 4.39 Å². The fourth-order valence-electron chi connectivity index (χ4n) is 2.80. The molecule has 3 nitrogen and oxygen atoms in total. The molecule has 0 amide bonds. The van der Waals surface area contributed by atoms with E-state index in [1.54, 1.807) is 12.1 Å². The van der Waals surface area contributed by atoms with E-state index in [1.807, 2.05) is 0 Å². The van der Waals surface area contributed by atoms with Gasteiger partial charge in [0.05, 0.1) is 0 Å². The maximum absolute atomic E-state index is 12.9. The molecule has 1 saturated heterocycles. The molecule has 0 aliphatic carbocycles. The lowest BCUT2D eigenvalue weighted by Crippen LogP contribution is -2.39. The zero-order valence-corrected chi connectivity index (χ0v) is 11.8. The van der Waals surface area contributed by atoms with E-state index in [2.05, 4.69) is 23.9 Å². The van der Waals surface area contributed by atoms with Crippen LogP contribution < -0.4 is 5.73 Å². The van der Waals surface area contributed by atoms with Crippen molar-refractivity contribution in [3.63, 3.8) is 0 Å². The number of nitrogens with two attached hydrogens (primary N) is 1. The van der Waals surface area contributed by atoms with Crippen molar-refractivity contribution in [3.8, 4) is 0 Å². The summed E-state index contributed by atoms with van der Waals surface area (Å²) in [5, 5.41) is 0. The van der Waals surface area contributed by atoms with Crippen LogP contribution in [0.15, 0.2) is 24.3 Å². The monoisotopic (exact) mass is 265 g/mol. The van der Waals surface area contributed by atoms with Crippen molar-refractivity contribution in [2.75, 3.05) is 33.7 Å². The number of likely N-dealkylation sites (N-methyl/N-ethyl adjacent to an activating group) is 2. The maximum atomic E-state index is 12.9. The smallest absolute Gasteiger partial charge is 0.123 e. The molecule has 0 spiro atoms. The molecule has 2 rings (SSSR count). The van der Waals surface area contributed by atoms with Gasteiger partial charge in [0, 0.05) is 25.2 Å². The van der Waals surface area contributed by atoms with Gasteiger partial charge < -0.3 is 15.5 Å². The summed E-state index contributed by atoms with van der Waals surface area (Å²) in [6.45, 7) is 3.05. The predicted octanol–water partition coefficient (Wildman–Crippen LogP) is 1.85. The average Bonchev–Trinajstić information content (AvgIpc) is 2.75. The van der Waals surface area contributed by atoms with Crippen molar-refractivity contribution < 1.29 is 4.39 Å². The molecule has 0 aromatic heterocycles. The molecule has 2 atom stereocenters. The van der Waals surface area contributed by atoms with Gasteiger partial charge in [-0.2, -0.15) is 0 Å². The zero-order chi connectivity index (χ0) is 13.8. The Morgan fingerprint density at radius 3 is 2.68 bits per heavy atom. The number of halogens is 1. The van der Waals surface area contributed by atoms with Crippen LogP contribution in [0.2, 0.25) is 0 Å². The molecule has 0 bridgehead atoms. The van der Waals surface area contributed by atoms with Gasteiger partial charge in [-0.1, -0.05) is 12.1 Å². The third kappa shape index (κ3) is 4.00. The molecular formula is C15H24FN3.